The van der Waals surface area contributed by atoms with Gasteiger partial charge in [-0.2, -0.15) is 0 Å². The molecule has 1 unspecified atom stereocenters. The molecule has 36 heavy (non-hydrogen) atoms. The molecule has 8 heteroatoms. The third kappa shape index (κ3) is 7.90. The first kappa shape index (κ1) is 27.9. The van der Waals surface area contributed by atoms with E-state index in [4.69, 9.17) is 4.74 Å². The average Bonchev–Trinajstić information content (AvgIpc) is 3.35. The molecule has 0 aliphatic carbocycles. The number of aromatic nitrogens is 2. The van der Waals surface area contributed by atoms with Gasteiger partial charge in [0, 0.05) is 0 Å². The largest absolute Gasteiger partial charge is 0.480 e. The number of rotatable bonds is 15. The highest BCUT2D eigenvalue weighted by Gasteiger charge is 2.39. The van der Waals surface area contributed by atoms with Crippen LogP contribution >= 0.6 is 23.1 Å². The lowest BCUT2D eigenvalue weighted by Crippen LogP contribution is -2.30. The number of hydrogen-bond donors (Lipinski definition) is 1. The Morgan fingerprint density at radius 2 is 1.56 bits per heavy atom. The summed E-state index contributed by atoms with van der Waals surface area (Å²) < 4.78 is 4.15. The molecule has 1 N–H and O–H groups in total. The molecule has 6 nitrogen and oxygen atoms in total. The molecule has 0 saturated carbocycles. The Balaban J connectivity index is 1.54. The number of esters is 1. The molecule has 1 atom stereocenters. The number of aryl methyl sites for hydroxylation is 2. The van der Waals surface area contributed by atoms with Gasteiger partial charge in [0.25, 0.3) is 0 Å². The van der Waals surface area contributed by atoms with Crippen molar-refractivity contribution in [1.82, 2.24) is 10.2 Å². The van der Waals surface area contributed by atoms with Gasteiger partial charge in [0.2, 0.25) is 5.01 Å². The summed E-state index contributed by atoms with van der Waals surface area (Å²) in [7, 11) is 0. The smallest absolute Gasteiger partial charge is 0.369 e. The first-order valence-corrected chi connectivity index (χ1v) is 14.1. The van der Waals surface area contributed by atoms with Crippen LogP contribution in [0.25, 0.3) is 0 Å². The monoisotopic (exact) mass is 526 g/mol. The van der Waals surface area contributed by atoms with Crippen molar-refractivity contribution < 1.29 is 19.4 Å². The maximum absolute atomic E-state index is 12.4. The van der Waals surface area contributed by atoms with Crippen molar-refractivity contribution in [3.05, 3.63) is 76.3 Å². The first-order chi connectivity index (χ1) is 17.4. The SMILES string of the molecule is CCOC(=O)c1nnc(SC(C)(C(=O)O)c2ccccc2CCCCCCCCc2ccccc2)s1. The molecule has 0 amide bonds. The summed E-state index contributed by atoms with van der Waals surface area (Å²) in [6, 6.07) is 18.3. The Morgan fingerprint density at radius 1 is 0.917 bits per heavy atom. The summed E-state index contributed by atoms with van der Waals surface area (Å²) in [5, 5.41) is 18.2. The van der Waals surface area contributed by atoms with Crippen molar-refractivity contribution in [3.8, 4) is 0 Å². The number of carbonyl (C=O) groups excluding carboxylic acids is 1. The maximum atomic E-state index is 12.4. The molecular weight excluding hydrogens is 492 g/mol. The molecule has 0 spiro atoms. The number of carbonyl (C=O) groups is 2. The van der Waals surface area contributed by atoms with Gasteiger partial charge < -0.3 is 9.84 Å². The van der Waals surface area contributed by atoms with Crippen LogP contribution in [0.3, 0.4) is 0 Å². The number of aliphatic carboxylic acids is 1. The second-order valence-electron chi connectivity index (χ2n) is 8.80. The van der Waals surface area contributed by atoms with E-state index in [0.29, 0.717) is 4.34 Å². The van der Waals surface area contributed by atoms with Gasteiger partial charge in [-0.3, -0.25) is 4.79 Å². The second-order valence-corrected chi connectivity index (χ2v) is 11.4. The standard InChI is InChI=1S/C28H34N2O4S2/c1-3-34-25(31)24-29-30-27(35-24)36-28(2,26(32)33)23-20-14-13-19-22(23)18-12-7-5-4-6-9-15-21-16-10-8-11-17-21/h8,10-11,13-14,16-17,19-20H,3-7,9,12,15,18H2,1-2H3,(H,32,33). The highest BCUT2D eigenvalue weighted by Crippen LogP contribution is 2.44. The minimum absolute atomic E-state index is 0.129. The van der Waals surface area contributed by atoms with Gasteiger partial charge in [-0.1, -0.05) is 103 Å². The van der Waals surface area contributed by atoms with Crippen molar-refractivity contribution in [1.29, 1.82) is 0 Å². The van der Waals surface area contributed by atoms with Crippen LogP contribution in [0.1, 0.15) is 78.9 Å². The molecule has 0 radical (unpaired) electrons. The van der Waals surface area contributed by atoms with E-state index in [1.807, 2.05) is 24.3 Å². The number of carboxylic acids is 1. The number of nitrogens with zero attached hydrogens (tertiary/aromatic N) is 2. The Bertz CT molecular complexity index is 1120. The molecular formula is C28H34N2O4S2. The van der Waals surface area contributed by atoms with E-state index in [-0.39, 0.29) is 11.6 Å². The third-order valence-corrected chi connectivity index (χ3v) is 8.35. The van der Waals surface area contributed by atoms with Crippen LogP contribution in [-0.4, -0.2) is 33.8 Å². The van der Waals surface area contributed by atoms with E-state index in [2.05, 4.69) is 40.5 Å². The van der Waals surface area contributed by atoms with Crippen LogP contribution in [0.4, 0.5) is 0 Å². The number of hydrogen-bond acceptors (Lipinski definition) is 7. The number of unbranched alkanes of at least 4 members (excludes halogenated alkanes) is 5. The maximum Gasteiger partial charge on any atom is 0.369 e. The van der Waals surface area contributed by atoms with Crippen molar-refractivity contribution >= 4 is 35.0 Å². The van der Waals surface area contributed by atoms with E-state index in [1.54, 1.807) is 13.8 Å². The summed E-state index contributed by atoms with van der Waals surface area (Å²) in [6.07, 6.45) is 8.95. The number of carboxylic acid groups (broad SMARTS) is 1. The molecule has 1 heterocycles. The molecule has 0 saturated heterocycles. The molecule has 0 fully saturated rings. The summed E-state index contributed by atoms with van der Waals surface area (Å²) in [5.41, 5.74) is 3.20. The van der Waals surface area contributed by atoms with Crippen LogP contribution in [0.2, 0.25) is 0 Å². The number of benzene rings is 2. The summed E-state index contributed by atoms with van der Waals surface area (Å²) in [4.78, 5) is 24.4. The number of ether oxygens (including phenoxy) is 1. The van der Waals surface area contributed by atoms with Gasteiger partial charge in [0.15, 0.2) is 4.34 Å². The fraction of sp³-hybridized carbons (Fsp3) is 0.429. The molecule has 0 aliphatic heterocycles. The molecule has 0 aliphatic rings. The normalized spacial score (nSPS) is 12.7. The fourth-order valence-electron chi connectivity index (χ4n) is 4.11. The Morgan fingerprint density at radius 3 is 2.25 bits per heavy atom. The lowest BCUT2D eigenvalue weighted by atomic mass is 9.91. The molecule has 3 aromatic rings. The van der Waals surface area contributed by atoms with Crippen LogP contribution in [0.15, 0.2) is 58.9 Å². The summed E-state index contributed by atoms with van der Waals surface area (Å²) in [6.45, 7) is 3.66. The van der Waals surface area contributed by atoms with Crippen LogP contribution in [-0.2, 0) is 27.1 Å². The van der Waals surface area contributed by atoms with Crippen molar-refractivity contribution in [2.24, 2.45) is 0 Å². The number of thioether (sulfide) groups is 1. The van der Waals surface area contributed by atoms with Gasteiger partial charge >= 0.3 is 11.9 Å². The van der Waals surface area contributed by atoms with Gasteiger partial charge in [0.05, 0.1) is 6.61 Å². The minimum atomic E-state index is -1.25. The zero-order chi connectivity index (χ0) is 25.8. The molecule has 0 bridgehead atoms. The molecule has 2 aromatic carbocycles. The fourth-order valence-corrected chi connectivity index (χ4v) is 6.32. The topological polar surface area (TPSA) is 89.4 Å². The zero-order valence-electron chi connectivity index (χ0n) is 20.9. The van der Waals surface area contributed by atoms with Gasteiger partial charge in [-0.05, 0) is 56.2 Å². The zero-order valence-corrected chi connectivity index (χ0v) is 22.6. The lowest BCUT2D eigenvalue weighted by Gasteiger charge is -2.26. The highest BCUT2D eigenvalue weighted by atomic mass is 32.2. The van der Waals surface area contributed by atoms with Gasteiger partial charge in [0.1, 0.15) is 4.75 Å². The van der Waals surface area contributed by atoms with Crippen LogP contribution in [0, 0.1) is 0 Å². The predicted molar refractivity (Wildman–Crippen MR) is 145 cm³/mol. The van der Waals surface area contributed by atoms with E-state index < -0.39 is 16.7 Å². The van der Waals surface area contributed by atoms with Gasteiger partial charge in [-0.25, -0.2) is 4.79 Å². The first-order valence-electron chi connectivity index (χ1n) is 12.5. The average molecular weight is 527 g/mol. The van der Waals surface area contributed by atoms with Crippen molar-refractivity contribution in [2.45, 2.75) is 74.3 Å². The molecule has 192 valence electrons. The van der Waals surface area contributed by atoms with Crippen LogP contribution < -0.4 is 0 Å². The third-order valence-electron chi connectivity index (χ3n) is 6.09. The van der Waals surface area contributed by atoms with E-state index >= 15 is 0 Å². The summed E-state index contributed by atoms with van der Waals surface area (Å²) >= 11 is 2.17. The van der Waals surface area contributed by atoms with Crippen molar-refractivity contribution in [3.63, 3.8) is 0 Å². The molecule has 3 rings (SSSR count). The lowest BCUT2D eigenvalue weighted by molar-refractivity contribution is -0.139. The van der Waals surface area contributed by atoms with E-state index in [9.17, 15) is 14.7 Å². The highest BCUT2D eigenvalue weighted by molar-refractivity contribution is 8.02. The Labute approximate surface area is 221 Å². The summed E-state index contributed by atoms with van der Waals surface area (Å²) in [5.74, 6) is -1.49. The second kappa shape index (κ2) is 14.1. The Kier molecular flexibility index (Phi) is 10.9. The van der Waals surface area contributed by atoms with E-state index in [1.165, 1.54) is 31.2 Å². The minimum Gasteiger partial charge on any atom is -0.480 e. The van der Waals surface area contributed by atoms with Crippen molar-refractivity contribution in [2.75, 3.05) is 6.61 Å². The quantitative estimate of drug-likeness (QED) is 0.130. The Hall–Kier alpha value is -2.71. The molecule has 1 aromatic heterocycles. The van der Waals surface area contributed by atoms with E-state index in [0.717, 1.165) is 59.9 Å². The van der Waals surface area contributed by atoms with Gasteiger partial charge in [-0.15, -0.1) is 10.2 Å². The van der Waals surface area contributed by atoms with Crippen LogP contribution in [0.5, 0.6) is 0 Å². The predicted octanol–water partition coefficient (Wildman–Crippen LogP) is 6.93.